The van der Waals surface area contributed by atoms with Gasteiger partial charge < -0.3 is 4.90 Å². The zero-order valence-electron chi connectivity index (χ0n) is 14.3. The van der Waals surface area contributed by atoms with Crippen molar-refractivity contribution in [3.05, 3.63) is 33.8 Å². The first kappa shape index (κ1) is 18.0. The predicted molar refractivity (Wildman–Crippen MR) is 99.4 cm³/mol. The first-order valence-corrected chi connectivity index (χ1v) is 9.73. The maximum Gasteiger partial charge on any atom is 0.226 e. The molecule has 0 saturated carbocycles. The van der Waals surface area contributed by atoms with Gasteiger partial charge in [0.2, 0.25) is 5.91 Å². The summed E-state index contributed by atoms with van der Waals surface area (Å²) in [5.74, 6) is 1.27. The number of carbonyl (C=O) groups is 1. The summed E-state index contributed by atoms with van der Waals surface area (Å²) in [6.45, 7) is 6.87. The van der Waals surface area contributed by atoms with E-state index in [2.05, 4.69) is 16.7 Å². The molecule has 3 rings (SSSR count). The molecule has 0 aromatic heterocycles. The van der Waals surface area contributed by atoms with Gasteiger partial charge in [-0.15, -0.1) is 0 Å². The first-order chi connectivity index (χ1) is 11.5. The highest BCUT2D eigenvalue weighted by Crippen LogP contribution is 2.26. The summed E-state index contributed by atoms with van der Waals surface area (Å²) >= 11 is 12.1. The van der Waals surface area contributed by atoms with Crippen LogP contribution in [-0.4, -0.2) is 41.9 Å². The molecule has 132 valence electrons. The Morgan fingerprint density at radius 3 is 2.58 bits per heavy atom. The Labute approximate surface area is 154 Å². The summed E-state index contributed by atoms with van der Waals surface area (Å²) in [5.41, 5.74) is 1.16. The van der Waals surface area contributed by atoms with Crippen LogP contribution in [0, 0.1) is 11.8 Å². The Hall–Kier alpha value is -0.770. The third kappa shape index (κ3) is 4.44. The highest BCUT2D eigenvalue weighted by atomic mass is 35.5. The molecule has 2 heterocycles. The fourth-order valence-corrected chi connectivity index (χ4v) is 4.10. The van der Waals surface area contributed by atoms with Crippen LogP contribution in [0.5, 0.6) is 0 Å². The summed E-state index contributed by atoms with van der Waals surface area (Å²) in [4.78, 5) is 17.3. The van der Waals surface area contributed by atoms with Crippen LogP contribution in [0.4, 0.5) is 0 Å². The summed E-state index contributed by atoms with van der Waals surface area (Å²) in [7, 11) is 0. The molecule has 2 saturated heterocycles. The van der Waals surface area contributed by atoms with Crippen molar-refractivity contribution in [2.75, 3.05) is 26.2 Å². The Morgan fingerprint density at radius 2 is 1.88 bits per heavy atom. The second-order valence-electron chi connectivity index (χ2n) is 7.33. The second-order valence-corrected chi connectivity index (χ2v) is 8.14. The molecule has 0 radical (unpaired) electrons. The van der Waals surface area contributed by atoms with Crippen molar-refractivity contribution in [2.45, 2.75) is 39.2 Å². The van der Waals surface area contributed by atoms with Gasteiger partial charge in [-0.2, -0.15) is 0 Å². The number of rotatable bonds is 3. The summed E-state index contributed by atoms with van der Waals surface area (Å²) in [5, 5.41) is 1.19. The lowest BCUT2D eigenvalue weighted by Gasteiger charge is -2.37. The number of piperidine rings is 2. The van der Waals surface area contributed by atoms with E-state index < -0.39 is 0 Å². The van der Waals surface area contributed by atoms with Crippen molar-refractivity contribution in [1.29, 1.82) is 0 Å². The predicted octanol–water partition coefficient (Wildman–Crippen LogP) is 4.46. The maximum absolute atomic E-state index is 12.8. The standard InChI is InChI=1S/C19H26Cl2N2O/c1-14-6-9-23(10-7-14)19(24)16-3-2-8-22(13-16)12-15-4-5-17(20)18(21)11-15/h4-5,11,14,16H,2-3,6-10,12-13H2,1H3. The van der Waals surface area contributed by atoms with Gasteiger partial charge in [0.25, 0.3) is 0 Å². The number of nitrogens with zero attached hydrogens (tertiary/aromatic N) is 2. The minimum Gasteiger partial charge on any atom is -0.342 e. The molecule has 1 atom stereocenters. The van der Waals surface area contributed by atoms with Crippen molar-refractivity contribution in [3.8, 4) is 0 Å². The van der Waals surface area contributed by atoms with Crippen LogP contribution in [0.25, 0.3) is 0 Å². The quantitative estimate of drug-likeness (QED) is 0.785. The molecule has 24 heavy (non-hydrogen) atoms. The van der Waals surface area contributed by atoms with Crippen LogP contribution in [0.3, 0.4) is 0 Å². The van der Waals surface area contributed by atoms with Crippen LogP contribution in [0.15, 0.2) is 18.2 Å². The molecule has 2 fully saturated rings. The molecule has 0 spiro atoms. The maximum atomic E-state index is 12.8. The molecule has 5 heteroatoms. The third-order valence-corrected chi connectivity index (χ3v) is 6.08. The average Bonchev–Trinajstić information content (AvgIpc) is 2.58. The topological polar surface area (TPSA) is 23.6 Å². The van der Waals surface area contributed by atoms with Gasteiger partial charge in [0, 0.05) is 26.2 Å². The monoisotopic (exact) mass is 368 g/mol. The van der Waals surface area contributed by atoms with Crippen molar-refractivity contribution in [1.82, 2.24) is 9.80 Å². The van der Waals surface area contributed by atoms with E-state index in [0.29, 0.717) is 16.0 Å². The van der Waals surface area contributed by atoms with Crippen LogP contribution >= 0.6 is 23.2 Å². The van der Waals surface area contributed by atoms with Gasteiger partial charge in [-0.3, -0.25) is 9.69 Å². The lowest BCUT2D eigenvalue weighted by Crippen LogP contribution is -2.46. The van der Waals surface area contributed by atoms with Gasteiger partial charge in [0.05, 0.1) is 16.0 Å². The van der Waals surface area contributed by atoms with Crippen LogP contribution in [0.1, 0.15) is 38.2 Å². The van der Waals surface area contributed by atoms with Gasteiger partial charge in [-0.05, 0) is 55.8 Å². The van der Waals surface area contributed by atoms with Crippen molar-refractivity contribution < 1.29 is 4.79 Å². The number of benzene rings is 1. The normalized spacial score (nSPS) is 23.5. The number of carbonyl (C=O) groups excluding carboxylic acids is 1. The number of hydrogen-bond donors (Lipinski definition) is 0. The van der Waals surface area contributed by atoms with Gasteiger partial charge in [0.15, 0.2) is 0 Å². The van der Waals surface area contributed by atoms with Crippen molar-refractivity contribution in [3.63, 3.8) is 0 Å². The molecule has 0 N–H and O–H groups in total. The molecular formula is C19H26Cl2N2O. The number of amides is 1. The Morgan fingerprint density at radius 1 is 1.12 bits per heavy atom. The fourth-order valence-electron chi connectivity index (χ4n) is 3.78. The Balaban J connectivity index is 1.57. The lowest BCUT2D eigenvalue weighted by molar-refractivity contribution is -0.138. The molecule has 0 aliphatic carbocycles. The zero-order chi connectivity index (χ0) is 17.1. The molecule has 2 aliphatic heterocycles. The SMILES string of the molecule is CC1CCN(C(=O)C2CCCN(Cc3ccc(Cl)c(Cl)c3)C2)CC1. The number of hydrogen-bond acceptors (Lipinski definition) is 2. The van der Waals surface area contributed by atoms with E-state index in [1.54, 1.807) is 0 Å². The average molecular weight is 369 g/mol. The van der Waals surface area contributed by atoms with E-state index in [4.69, 9.17) is 23.2 Å². The molecule has 2 aliphatic rings. The van der Waals surface area contributed by atoms with E-state index in [1.807, 2.05) is 18.2 Å². The molecule has 1 aromatic rings. The third-order valence-electron chi connectivity index (χ3n) is 5.34. The summed E-state index contributed by atoms with van der Waals surface area (Å²) in [6, 6.07) is 5.80. The smallest absolute Gasteiger partial charge is 0.226 e. The van der Waals surface area contributed by atoms with E-state index in [0.717, 1.165) is 69.9 Å². The van der Waals surface area contributed by atoms with Gasteiger partial charge in [0.1, 0.15) is 0 Å². The van der Waals surface area contributed by atoms with E-state index >= 15 is 0 Å². The largest absolute Gasteiger partial charge is 0.342 e. The lowest BCUT2D eigenvalue weighted by atomic mass is 9.93. The van der Waals surface area contributed by atoms with Crippen LogP contribution < -0.4 is 0 Å². The first-order valence-electron chi connectivity index (χ1n) is 8.98. The van der Waals surface area contributed by atoms with Crippen molar-refractivity contribution in [2.24, 2.45) is 11.8 Å². The van der Waals surface area contributed by atoms with Gasteiger partial charge >= 0.3 is 0 Å². The Kier molecular flexibility index (Phi) is 6.07. The van der Waals surface area contributed by atoms with Crippen molar-refractivity contribution >= 4 is 29.1 Å². The summed E-state index contributed by atoms with van der Waals surface area (Å²) in [6.07, 6.45) is 4.39. The summed E-state index contributed by atoms with van der Waals surface area (Å²) < 4.78 is 0. The minimum absolute atomic E-state index is 0.148. The van der Waals surface area contributed by atoms with E-state index in [-0.39, 0.29) is 5.92 Å². The number of likely N-dealkylation sites (tertiary alicyclic amines) is 2. The molecule has 3 nitrogen and oxygen atoms in total. The van der Waals surface area contributed by atoms with E-state index in [9.17, 15) is 4.79 Å². The zero-order valence-corrected chi connectivity index (χ0v) is 15.8. The minimum atomic E-state index is 0.148. The molecule has 1 amide bonds. The molecule has 1 unspecified atom stereocenters. The van der Waals surface area contributed by atoms with Crippen LogP contribution in [-0.2, 0) is 11.3 Å². The molecule has 0 bridgehead atoms. The van der Waals surface area contributed by atoms with Gasteiger partial charge in [-0.25, -0.2) is 0 Å². The molecule has 1 aromatic carbocycles. The number of halogens is 2. The van der Waals surface area contributed by atoms with Gasteiger partial charge in [-0.1, -0.05) is 36.2 Å². The molecular weight excluding hydrogens is 343 g/mol. The fraction of sp³-hybridized carbons (Fsp3) is 0.632. The van der Waals surface area contributed by atoms with Crippen LogP contribution in [0.2, 0.25) is 10.0 Å². The Bertz CT molecular complexity index is 585. The highest BCUT2D eigenvalue weighted by Gasteiger charge is 2.30. The highest BCUT2D eigenvalue weighted by molar-refractivity contribution is 6.42. The van der Waals surface area contributed by atoms with E-state index in [1.165, 1.54) is 0 Å². The second kappa shape index (κ2) is 8.07.